The van der Waals surface area contributed by atoms with Crippen LogP contribution < -0.4 is 0 Å². The molecule has 1 aliphatic heterocycles. The Morgan fingerprint density at radius 3 is 2.96 bits per heavy atom. The Labute approximate surface area is 135 Å². The Morgan fingerprint density at radius 1 is 1.22 bits per heavy atom. The fourth-order valence-corrected chi connectivity index (χ4v) is 2.94. The van der Waals surface area contributed by atoms with Gasteiger partial charge in [0.05, 0.1) is 12.2 Å². The molecular formula is C18H18N4O. The number of benzene rings is 1. The molecular weight excluding hydrogens is 288 g/mol. The van der Waals surface area contributed by atoms with Gasteiger partial charge in [0.2, 0.25) is 0 Å². The zero-order chi connectivity index (χ0) is 15.6. The predicted octanol–water partition coefficient (Wildman–Crippen LogP) is 3.00. The van der Waals surface area contributed by atoms with E-state index in [4.69, 9.17) is 4.52 Å². The largest absolute Gasteiger partial charge is 0.359 e. The summed E-state index contributed by atoms with van der Waals surface area (Å²) in [6.07, 6.45) is 2.94. The molecule has 0 unspecified atom stereocenters. The molecule has 0 atom stereocenters. The number of aromatic nitrogens is 3. The highest BCUT2D eigenvalue weighted by Gasteiger charge is 2.19. The van der Waals surface area contributed by atoms with Gasteiger partial charge in [0, 0.05) is 30.9 Å². The quantitative estimate of drug-likeness (QED) is 0.744. The second kappa shape index (κ2) is 5.93. The number of hydrogen-bond acceptors (Lipinski definition) is 5. The zero-order valence-electron chi connectivity index (χ0n) is 13.1. The molecule has 2 aromatic heterocycles. The normalized spacial score (nSPS) is 14.7. The van der Waals surface area contributed by atoms with E-state index in [9.17, 15) is 0 Å². The first-order valence-electron chi connectivity index (χ1n) is 7.83. The van der Waals surface area contributed by atoms with Crippen LogP contribution in [0.2, 0.25) is 0 Å². The van der Waals surface area contributed by atoms with Gasteiger partial charge in [-0.1, -0.05) is 35.5 Å². The van der Waals surface area contributed by atoms with Crippen LogP contribution in [0.25, 0.3) is 11.3 Å². The third-order valence-electron chi connectivity index (χ3n) is 4.15. The summed E-state index contributed by atoms with van der Waals surface area (Å²) in [5, 5.41) is 4.18. The SMILES string of the molecule is Cc1ncc2c(n1)CN(Cc1cc(-c3ccccc3)no1)CC2. The lowest BCUT2D eigenvalue weighted by Gasteiger charge is -2.26. The summed E-state index contributed by atoms with van der Waals surface area (Å²) in [4.78, 5) is 11.2. The van der Waals surface area contributed by atoms with Crippen LogP contribution in [-0.2, 0) is 19.5 Å². The number of fused-ring (bicyclic) bond motifs is 1. The first-order chi connectivity index (χ1) is 11.3. The minimum atomic E-state index is 0.752. The van der Waals surface area contributed by atoms with Crippen molar-refractivity contribution in [1.29, 1.82) is 0 Å². The predicted molar refractivity (Wildman–Crippen MR) is 86.5 cm³/mol. The first-order valence-corrected chi connectivity index (χ1v) is 7.83. The van der Waals surface area contributed by atoms with Crippen molar-refractivity contribution in [2.24, 2.45) is 0 Å². The van der Waals surface area contributed by atoms with Gasteiger partial charge in [-0.15, -0.1) is 0 Å². The second-order valence-corrected chi connectivity index (χ2v) is 5.89. The summed E-state index contributed by atoms with van der Waals surface area (Å²) in [5.74, 6) is 1.72. The van der Waals surface area contributed by atoms with Gasteiger partial charge < -0.3 is 4.52 Å². The lowest BCUT2D eigenvalue weighted by Crippen LogP contribution is -2.31. The molecule has 0 saturated carbocycles. The number of hydrogen-bond donors (Lipinski definition) is 0. The van der Waals surface area contributed by atoms with Crippen molar-refractivity contribution in [2.45, 2.75) is 26.4 Å². The van der Waals surface area contributed by atoms with E-state index >= 15 is 0 Å². The number of rotatable bonds is 3. The van der Waals surface area contributed by atoms with Crippen LogP contribution in [-0.4, -0.2) is 26.6 Å². The lowest BCUT2D eigenvalue weighted by molar-refractivity contribution is 0.211. The summed E-state index contributed by atoms with van der Waals surface area (Å²) < 4.78 is 5.51. The van der Waals surface area contributed by atoms with Gasteiger partial charge in [-0.05, 0) is 18.9 Å². The van der Waals surface area contributed by atoms with Crippen LogP contribution in [0.15, 0.2) is 47.1 Å². The molecule has 0 bridgehead atoms. The topological polar surface area (TPSA) is 55.1 Å². The third kappa shape index (κ3) is 3.00. The molecule has 0 fully saturated rings. The Hall–Kier alpha value is -2.53. The van der Waals surface area contributed by atoms with Crippen LogP contribution in [0.1, 0.15) is 22.8 Å². The Balaban J connectivity index is 1.48. The number of nitrogens with zero attached hydrogens (tertiary/aromatic N) is 4. The Bertz CT molecular complexity index is 813. The van der Waals surface area contributed by atoms with E-state index in [0.717, 1.165) is 54.6 Å². The number of aryl methyl sites for hydroxylation is 1. The van der Waals surface area contributed by atoms with Crippen LogP contribution in [0.3, 0.4) is 0 Å². The molecule has 116 valence electrons. The van der Waals surface area contributed by atoms with Gasteiger partial charge in [-0.25, -0.2) is 9.97 Å². The van der Waals surface area contributed by atoms with E-state index in [-0.39, 0.29) is 0 Å². The van der Waals surface area contributed by atoms with Crippen LogP contribution in [0.5, 0.6) is 0 Å². The highest BCUT2D eigenvalue weighted by Crippen LogP contribution is 2.22. The van der Waals surface area contributed by atoms with E-state index in [0.29, 0.717) is 0 Å². The minimum absolute atomic E-state index is 0.752. The maximum absolute atomic E-state index is 5.51. The zero-order valence-corrected chi connectivity index (χ0v) is 13.1. The van der Waals surface area contributed by atoms with Crippen molar-refractivity contribution < 1.29 is 4.52 Å². The van der Waals surface area contributed by atoms with Gasteiger partial charge >= 0.3 is 0 Å². The average Bonchev–Trinajstić information content (AvgIpc) is 3.04. The van der Waals surface area contributed by atoms with E-state index in [1.807, 2.05) is 49.5 Å². The summed E-state index contributed by atoms with van der Waals surface area (Å²) in [5.41, 5.74) is 4.35. The van der Waals surface area contributed by atoms with E-state index in [1.165, 1.54) is 5.56 Å². The molecule has 1 aliphatic rings. The first kappa shape index (κ1) is 14.1. The molecule has 0 amide bonds. The van der Waals surface area contributed by atoms with E-state index < -0.39 is 0 Å². The van der Waals surface area contributed by atoms with Gasteiger partial charge in [0.15, 0.2) is 5.76 Å². The minimum Gasteiger partial charge on any atom is -0.359 e. The summed E-state index contributed by atoms with van der Waals surface area (Å²) in [7, 11) is 0. The standard InChI is InChI=1S/C18H18N4O/c1-13-19-10-15-7-8-22(12-18(15)20-13)11-16-9-17(21-23-16)14-5-3-2-4-6-14/h2-6,9-10H,7-8,11-12H2,1H3. The van der Waals surface area contributed by atoms with Crippen molar-refractivity contribution in [2.75, 3.05) is 6.54 Å². The van der Waals surface area contributed by atoms with Crippen molar-refractivity contribution in [1.82, 2.24) is 20.0 Å². The summed E-state index contributed by atoms with van der Waals surface area (Å²) in [6, 6.07) is 12.1. The van der Waals surface area contributed by atoms with Crippen molar-refractivity contribution in [3.8, 4) is 11.3 Å². The fourth-order valence-electron chi connectivity index (χ4n) is 2.94. The molecule has 0 N–H and O–H groups in total. The summed E-state index contributed by atoms with van der Waals surface area (Å²) in [6.45, 7) is 4.50. The van der Waals surface area contributed by atoms with Crippen molar-refractivity contribution >= 4 is 0 Å². The van der Waals surface area contributed by atoms with E-state index in [1.54, 1.807) is 0 Å². The second-order valence-electron chi connectivity index (χ2n) is 5.89. The fraction of sp³-hybridized carbons (Fsp3) is 0.278. The molecule has 23 heavy (non-hydrogen) atoms. The smallest absolute Gasteiger partial charge is 0.151 e. The molecule has 0 aliphatic carbocycles. The summed E-state index contributed by atoms with van der Waals surface area (Å²) >= 11 is 0. The molecule has 5 heteroatoms. The van der Waals surface area contributed by atoms with Crippen molar-refractivity contribution in [3.05, 3.63) is 65.4 Å². The van der Waals surface area contributed by atoms with Gasteiger partial charge in [0.25, 0.3) is 0 Å². The molecule has 3 aromatic rings. The average molecular weight is 306 g/mol. The third-order valence-corrected chi connectivity index (χ3v) is 4.15. The van der Waals surface area contributed by atoms with Crippen molar-refractivity contribution in [3.63, 3.8) is 0 Å². The molecule has 4 rings (SSSR count). The Kier molecular flexibility index (Phi) is 3.63. The maximum atomic E-state index is 5.51. The van der Waals surface area contributed by atoms with Crippen LogP contribution in [0, 0.1) is 6.92 Å². The highest BCUT2D eigenvalue weighted by molar-refractivity contribution is 5.58. The molecule has 0 radical (unpaired) electrons. The van der Waals surface area contributed by atoms with Gasteiger partial charge in [-0.3, -0.25) is 4.90 Å². The highest BCUT2D eigenvalue weighted by atomic mass is 16.5. The van der Waals surface area contributed by atoms with Crippen LogP contribution in [0.4, 0.5) is 0 Å². The monoisotopic (exact) mass is 306 g/mol. The molecule has 0 spiro atoms. The molecule has 3 heterocycles. The van der Waals surface area contributed by atoms with Crippen LogP contribution >= 0.6 is 0 Å². The Morgan fingerprint density at radius 2 is 2.09 bits per heavy atom. The molecule has 1 aromatic carbocycles. The lowest BCUT2D eigenvalue weighted by atomic mass is 10.1. The van der Waals surface area contributed by atoms with Gasteiger partial charge in [-0.2, -0.15) is 0 Å². The molecule has 5 nitrogen and oxygen atoms in total. The van der Waals surface area contributed by atoms with E-state index in [2.05, 4.69) is 20.0 Å². The maximum Gasteiger partial charge on any atom is 0.151 e. The van der Waals surface area contributed by atoms with Gasteiger partial charge in [0.1, 0.15) is 11.5 Å². The molecule has 0 saturated heterocycles.